The van der Waals surface area contributed by atoms with Gasteiger partial charge in [0.05, 0.1) is 28.4 Å². The fourth-order valence-electron chi connectivity index (χ4n) is 5.01. The van der Waals surface area contributed by atoms with Crippen molar-refractivity contribution >= 4 is 11.7 Å². The fraction of sp³-hybridized carbons (Fsp3) is 0.370. The molecule has 0 saturated carbocycles. The number of Topliss-reactive ketones (excluding diaryl/α,β-unsaturated/α-hetero) is 1. The van der Waals surface area contributed by atoms with Gasteiger partial charge in [-0.3, -0.25) is 4.79 Å². The molecule has 0 saturated heterocycles. The number of fused-ring (bicyclic) bond motifs is 1. The Morgan fingerprint density at radius 3 is 2.25 bits per heavy atom. The number of methoxy groups -OCH3 is 4. The van der Waals surface area contributed by atoms with Crippen LogP contribution in [0.3, 0.4) is 0 Å². The van der Waals surface area contributed by atoms with E-state index in [1.54, 1.807) is 39.2 Å². The molecular formula is C27H30N4O5. The van der Waals surface area contributed by atoms with Crippen molar-refractivity contribution in [2.75, 3.05) is 33.8 Å². The van der Waals surface area contributed by atoms with Crippen LogP contribution in [0.4, 0.5) is 5.95 Å². The van der Waals surface area contributed by atoms with E-state index in [9.17, 15) is 4.79 Å². The van der Waals surface area contributed by atoms with Crippen molar-refractivity contribution in [1.29, 1.82) is 0 Å². The van der Waals surface area contributed by atoms with Crippen molar-refractivity contribution in [3.63, 3.8) is 0 Å². The van der Waals surface area contributed by atoms with Crippen LogP contribution in [0, 0.1) is 5.41 Å². The number of nitrogens with one attached hydrogen (secondary N) is 1. The van der Waals surface area contributed by atoms with Crippen molar-refractivity contribution in [3.8, 4) is 34.4 Å². The first-order valence-electron chi connectivity index (χ1n) is 11.7. The van der Waals surface area contributed by atoms with Crippen molar-refractivity contribution < 1.29 is 23.7 Å². The van der Waals surface area contributed by atoms with Crippen LogP contribution in [-0.4, -0.2) is 49.0 Å². The maximum Gasteiger partial charge on any atom is 0.226 e. The number of benzene rings is 2. The minimum atomic E-state index is -0.529. The first-order chi connectivity index (χ1) is 17.3. The van der Waals surface area contributed by atoms with E-state index in [-0.39, 0.29) is 11.2 Å². The summed E-state index contributed by atoms with van der Waals surface area (Å²) >= 11 is 0. The van der Waals surface area contributed by atoms with Crippen molar-refractivity contribution in [3.05, 3.63) is 53.2 Å². The van der Waals surface area contributed by atoms with Gasteiger partial charge in [0.25, 0.3) is 0 Å². The molecule has 1 N–H and O–H groups in total. The molecule has 0 spiro atoms. The molecule has 1 unspecified atom stereocenters. The first kappa shape index (κ1) is 23.7. The molecule has 9 nitrogen and oxygen atoms in total. The Morgan fingerprint density at radius 1 is 0.917 bits per heavy atom. The van der Waals surface area contributed by atoms with Crippen molar-refractivity contribution in [1.82, 2.24) is 14.8 Å². The van der Waals surface area contributed by atoms with Gasteiger partial charge in [0.2, 0.25) is 5.95 Å². The van der Waals surface area contributed by atoms with Crippen LogP contribution in [0.25, 0.3) is 11.4 Å². The van der Waals surface area contributed by atoms with Crippen LogP contribution < -0.4 is 24.3 Å². The number of ketones is 1. The average molecular weight is 491 g/mol. The molecule has 0 bridgehead atoms. The minimum absolute atomic E-state index is 0.0781. The lowest BCUT2D eigenvalue weighted by Crippen LogP contribution is -2.36. The Morgan fingerprint density at radius 2 is 1.61 bits per heavy atom. The number of allylic oxidation sites excluding steroid dienone is 2. The summed E-state index contributed by atoms with van der Waals surface area (Å²) in [6.07, 6.45) is 1.16. The van der Waals surface area contributed by atoms with Crippen molar-refractivity contribution in [2.24, 2.45) is 5.41 Å². The number of ether oxygens (including phenoxy) is 4. The summed E-state index contributed by atoms with van der Waals surface area (Å²) in [5.41, 5.74) is 2.88. The summed E-state index contributed by atoms with van der Waals surface area (Å²) in [6, 6.07) is 10.5. The summed E-state index contributed by atoms with van der Waals surface area (Å²) in [4.78, 5) is 18.4. The summed E-state index contributed by atoms with van der Waals surface area (Å²) in [6.45, 7) is 4.20. The molecule has 2 aliphatic rings. The second-order valence-electron chi connectivity index (χ2n) is 9.77. The first-order valence-corrected chi connectivity index (χ1v) is 11.7. The Bertz CT molecular complexity index is 1350. The van der Waals surface area contributed by atoms with Crippen LogP contribution in [-0.2, 0) is 4.79 Å². The van der Waals surface area contributed by atoms with Crippen LogP contribution in [0.1, 0.15) is 38.3 Å². The SMILES string of the molecule is COc1cc(OC)cc(-c2nc3n(n2)C(c2cc(OC)ccc2OC)C2=C(CC(C)(C)CC2=O)N3)c1. The normalized spacial score (nSPS) is 18.2. The highest BCUT2D eigenvalue weighted by atomic mass is 16.5. The maximum atomic E-state index is 13.6. The van der Waals surface area contributed by atoms with Gasteiger partial charge in [-0.2, -0.15) is 4.98 Å². The van der Waals surface area contributed by atoms with Crippen LogP contribution in [0.2, 0.25) is 0 Å². The van der Waals surface area contributed by atoms with Crippen molar-refractivity contribution in [2.45, 2.75) is 32.7 Å². The molecule has 1 atom stereocenters. The second-order valence-corrected chi connectivity index (χ2v) is 9.77. The van der Waals surface area contributed by atoms with E-state index in [0.717, 1.165) is 16.8 Å². The quantitative estimate of drug-likeness (QED) is 0.534. The summed E-state index contributed by atoms with van der Waals surface area (Å²) in [5, 5.41) is 8.28. The summed E-state index contributed by atoms with van der Waals surface area (Å²) in [7, 11) is 6.43. The third-order valence-electron chi connectivity index (χ3n) is 6.67. The predicted octanol–water partition coefficient (Wildman–Crippen LogP) is 4.64. The zero-order valence-electron chi connectivity index (χ0n) is 21.3. The lowest BCUT2D eigenvalue weighted by molar-refractivity contribution is -0.118. The Hall–Kier alpha value is -4.01. The number of hydrogen-bond acceptors (Lipinski definition) is 8. The van der Waals surface area contributed by atoms with Gasteiger partial charge >= 0.3 is 0 Å². The topological polar surface area (TPSA) is 96.7 Å². The highest BCUT2D eigenvalue weighted by molar-refractivity contribution is 6.00. The van der Waals surface area contributed by atoms with Gasteiger partial charge in [-0.05, 0) is 42.2 Å². The molecule has 36 heavy (non-hydrogen) atoms. The number of hydrogen-bond donors (Lipinski definition) is 1. The van der Waals surface area contributed by atoms with Gasteiger partial charge in [-0.15, -0.1) is 5.10 Å². The van der Waals surface area contributed by atoms with Crippen LogP contribution in [0.5, 0.6) is 23.0 Å². The monoisotopic (exact) mass is 490 g/mol. The molecule has 1 aliphatic heterocycles. The van der Waals surface area contributed by atoms with Gasteiger partial charge in [0, 0.05) is 34.9 Å². The zero-order valence-corrected chi connectivity index (χ0v) is 21.3. The number of carbonyl (C=O) groups excluding carboxylic acids is 1. The number of carbonyl (C=O) groups is 1. The smallest absolute Gasteiger partial charge is 0.226 e. The van der Waals surface area contributed by atoms with Gasteiger partial charge in [0.15, 0.2) is 11.6 Å². The number of rotatable bonds is 6. The Labute approximate surface area is 210 Å². The van der Waals surface area contributed by atoms with Gasteiger partial charge in [-0.25, -0.2) is 4.68 Å². The van der Waals surface area contributed by atoms with E-state index in [2.05, 4.69) is 19.2 Å². The Kier molecular flexibility index (Phi) is 5.86. The summed E-state index contributed by atoms with van der Waals surface area (Å²) < 4.78 is 23.9. The molecule has 9 heteroatoms. The maximum absolute atomic E-state index is 13.6. The molecular weight excluding hydrogens is 460 g/mol. The average Bonchev–Trinajstić information content (AvgIpc) is 3.29. The van der Waals surface area contributed by atoms with E-state index in [1.807, 2.05) is 30.3 Å². The lowest BCUT2D eigenvalue weighted by atomic mass is 9.73. The molecule has 188 valence electrons. The number of nitrogens with zero attached hydrogens (tertiary/aromatic N) is 3. The molecule has 3 aromatic rings. The second kappa shape index (κ2) is 8.89. The highest BCUT2D eigenvalue weighted by Gasteiger charge is 2.43. The fourth-order valence-corrected chi connectivity index (χ4v) is 5.01. The van der Waals surface area contributed by atoms with Gasteiger partial charge in [0.1, 0.15) is 29.0 Å². The minimum Gasteiger partial charge on any atom is -0.497 e. The Balaban J connectivity index is 1.72. The molecule has 0 radical (unpaired) electrons. The molecule has 1 aliphatic carbocycles. The number of aromatic nitrogens is 3. The largest absolute Gasteiger partial charge is 0.497 e. The third kappa shape index (κ3) is 4.04. The lowest BCUT2D eigenvalue weighted by Gasteiger charge is -2.38. The molecule has 5 rings (SSSR count). The standard InChI is InChI=1S/C27H30N4O5/c1-27(2)13-20-23(21(32)14-27)24(19-12-16(33-3)7-8-22(19)36-6)31-26(28-20)29-25(30-31)15-9-17(34-4)11-18(10-15)35-5/h7-12,24H,13-14H2,1-6H3,(H,28,29,30). The van der Waals surface area contributed by atoms with Gasteiger partial charge < -0.3 is 24.3 Å². The number of anilines is 1. The molecule has 1 aromatic heterocycles. The van der Waals surface area contributed by atoms with E-state index in [1.165, 1.54) is 0 Å². The molecule has 2 heterocycles. The van der Waals surface area contributed by atoms with E-state index in [0.29, 0.717) is 53.2 Å². The van der Waals surface area contributed by atoms with E-state index in [4.69, 9.17) is 29.0 Å². The van der Waals surface area contributed by atoms with E-state index < -0.39 is 6.04 Å². The van der Waals surface area contributed by atoms with E-state index >= 15 is 0 Å². The molecule has 0 amide bonds. The van der Waals surface area contributed by atoms with Crippen LogP contribution >= 0.6 is 0 Å². The zero-order chi connectivity index (χ0) is 25.6. The summed E-state index contributed by atoms with van der Waals surface area (Å²) in [5.74, 6) is 3.66. The molecule has 0 fully saturated rings. The van der Waals surface area contributed by atoms with Gasteiger partial charge in [-0.1, -0.05) is 13.8 Å². The van der Waals surface area contributed by atoms with Crippen LogP contribution in [0.15, 0.2) is 47.7 Å². The molecule has 2 aromatic carbocycles. The highest BCUT2D eigenvalue weighted by Crippen LogP contribution is 2.48. The predicted molar refractivity (Wildman–Crippen MR) is 135 cm³/mol. The third-order valence-corrected chi connectivity index (χ3v) is 6.67.